The van der Waals surface area contributed by atoms with Gasteiger partial charge in [0.25, 0.3) is 0 Å². The van der Waals surface area contributed by atoms with Crippen molar-refractivity contribution in [3.8, 4) is 28.1 Å². The molecular formula is C25H18Cl2N2O4. The molecule has 6 nitrogen and oxygen atoms in total. The van der Waals surface area contributed by atoms with E-state index in [2.05, 4.69) is 5.10 Å². The number of para-hydroxylation sites is 1. The van der Waals surface area contributed by atoms with E-state index in [0.717, 1.165) is 11.1 Å². The number of hydrogen-bond donors (Lipinski definition) is 0. The van der Waals surface area contributed by atoms with E-state index in [1.54, 1.807) is 36.4 Å². The molecule has 0 saturated carbocycles. The number of hydrogen-bond acceptors (Lipinski definition) is 5. The van der Waals surface area contributed by atoms with E-state index in [1.807, 2.05) is 36.4 Å². The number of halogens is 2. The second-order valence-electron chi connectivity index (χ2n) is 6.98. The van der Waals surface area contributed by atoms with Gasteiger partial charge < -0.3 is 9.47 Å². The first kappa shape index (κ1) is 22.6. The molecule has 4 aromatic rings. The maximum absolute atomic E-state index is 12.9. The van der Waals surface area contributed by atoms with Crippen LogP contribution in [0.1, 0.15) is 20.8 Å². The SMILES string of the molecule is COC(=O)c1c(-c2ccccc2-c2ccc(Cl)c(Cl)c2)nn(-c2ccccc2)c1C(=O)OC. The Morgan fingerprint density at radius 2 is 1.42 bits per heavy atom. The van der Waals surface area contributed by atoms with Crippen molar-refractivity contribution < 1.29 is 19.1 Å². The predicted octanol–water partition coefficient (Wildman–Crippen LogP) is 6.09. The summed E-state index contributed by atoms with van der Waals surface area (Å²) in [6, 6.07) is 21.6. The van der Waals surface area contributed by atoms with Crippen LogP contribution in [0.5, 0.6) is 0 Å². The topological polar surface area (TPSA) is 70.4 Å². The molecule has 0 aliphatic rings. The number of nitrogens with zero attached hydrogens (tertiary/aromatic N) is 2. The number of benzene rings is 3. The Labute approximate surface area is 200 Å². The average molecular weight is 481 g/mol. The van der Waals surface area contributed by atoms with Crippen LogP contribution in [0, 0.1) is 0 Å². The van der Waals surface area contributed by atoms with Crippen molar-refractivity contribution in [3.63, 3.8) is 0 Å². The summed E-state index contributed by atoms with van der Waals surface area (Å²) in [5.74, 6) is -1.43. The van der Waals surface area contributed by atoms with Crippen LogP contribution in [0.3, 0.4) is 0 Å². The molecule has 4 rings (SSSR count). The standard InChI is InChI=1S/C25H18Cl2N2O4/c1-32-24(30)21-22(28-29(23(21)25(31)33-2)16-8-4-3-5-9-16)18-11-7-6-10-17(18)15-12-13-19(26)20(27)14-15/h3-14H,1-2H3. The number of carbonyl (C=O) groups excluding carboxylic acids is 2. The molecule has 0 aliphatic heterocycles. The van der Waals surface area contributed by atoms with Crippen LogP contribution in [-0.2, 0) is 9.47 Å². The van der Waals surface area contributed by atoms with Crippen LogP contribution >= 0.6 is 23.2 Å². The molecule has 0 aliphatic carbocycles. The lowest BCUT2D eigenvalue weighted by Gasteiger charge is -2.10. The van der Waals surface area contributed by atoms with Crippen molar-refractivity contribution in [3.05, 3.63) is 94.1 Å². The minimum absolute atomic E-state index is 0.000661. The highest BCUT2D eigenvalue weighted by atomic mass is 35.5. The third-order valence-corrected chi connectivity index (χ3v) is 5.81. The number of carbonyl (C=O) groups is 2. The smallest absolute Gasteiger partial charge is 0.357 e. The molecule has 8 heteroatoms. The summed E-state index contributed by atoms with van der Waals surface area (Å²) in [6.45, 7) is 0. The summed E-state index contributed by atoms with van der Waals surface area (Å²) in [5.41, 5.74) is 2.94. The monoisotopic (exact) mass is 480 g/mol. The van der Waals surface area contributed by atoms with Crippen molar-refractivity contribution >= 4 is 35.1 Å². The molecule has 0 atom stereocenters. The number of methoxy groups -OCH3 is 2. The molecule has 166 valence electrons. The quantitative estimate of drug-likeness (QED) is 0.323. The van der Waals surface area contributed by atoms with Crippen molar-refractivity contribution in [2.24, 2.45) is 0 Å². The molecule has 0 bridgehead atoms. The Kier molecular flexibility index (Phi) is 6.49. The van der Waals surface area contributed by atoms with Crippen LogP contribution in [0.2, 0.25) is 10.0 Å². The van der Waals surface area contributed by atoms with Gasteiger partial charge in [0.1, 0.15) is 11.3 Å². The first-order valence-electron chi connectivity index (χ1n) is 9.86. The second-order valence-corrected chi connectivity index (χ2v) is 7.79. The highest BCUT2D eigenvalue weighted by Gasteiger charge is 2.32. The summed E-state index contributed by atoms with van der Waals surface area (Å²) < 4.78 is 11.4. The minimum atomic E-state index is -0.718. The van der Waals surface area contributed by atoms with Gasteiger partial charge in [-0.2, -0.15) is 5.10 Å². The Hall–Kier alpha value is -3.61. The van der Waals surface area contributed by atoms with E-state index in [-0.39, 0.29) is 17.0 Å². The molecule has 0 amide bonds. The van der Waals surface area contributed by atoms with Gasteiger partial charge in [-0.1, -0.05) is 71.7 Å². The normalized spacial score (nSPS) is 10.7. The van der Waals surface area contributed by atoms with Crippen molar-refractivity contribution in [2.45, 2.75) is 0 Å². The summed E-state index contributed by atoms with van der Waals surface area (Å²) in [7, 11) is 2.49. The molecule has 33 heavy (non-hydrogen) atoms. The van der Waals surface area contributed by atoms with Crippen LogP contribution in [0.15, 0.2) is 72.8 Å². The highest BCUT2D eigenvalue weighted by molar-refractivity contribution is 6.42. The molecule has 0 fully saturated rings. The van der Waals surface area contributed by atoms with Crippen LogP contribution in [0.25, 0.3) is 28.1 Å². The van der Waals surface area contributed by atoms with Gasteiger partial charge in [0.15, 0.2) is 5.69 Å². The van der Waals surface area contributed by atoms with Crippen molar-refractivity contribution in [2.75, 3.05) is 14.2 Å². The molecule has 3 aromatic carbocycles. The highest BCUT2D eigenvalue weighted by Crippen LogP contribution is 2.37. The van der Waals surface area contributed by atoms with Crippen molar-refractivity contribution in [1.82, 2.24) is 9.78 Å². The number of ether oxygens (including phenoxy) is 2. The molecular weight excluding hydrogens is 463 g/mol. The lowest BCUT2D eigenvalue weighted by Crippen LogP contribution is -2.15. The minimum Gasteiger partial charge on any atom is -0.465 e. The Bertz CT molecular complexity index is 1350. The Balaban J connectivity index is 2.05. The van der Waals surface area contributed by atoms with Gasteiger partial charge in [0, 0.05) is 5.56 Å². The molecule has 0 N–H and O–H groups in total. The zero-order valence-corrected chi connectivity index (χ0v) is 19.2. The zero-order chi connectivity index (χ0) is 23.5. The van der Waals surface area contributed by atoms with Gasteiger partial charge in [-0.3, -0.25) is 0 Å². The number of rotatable bonds is 5. The van der Waals surface area contributed by atoms with E-state index in [9.17, 15) is 9.59 Å². The average Bonchev–Trinajstić information content (AvgIpc) is 3.26. The van der Waals surface area contributed by atoms with E-state index < -0.39 is 11.9 Å². The van der Waals surface area contributed by atoms with Gasteiger partial charge in [0.05, 0.1) is 30.0 Å². The number of esters is 2. The fraction of sp³-hybridized carbons (Fsp3) is 0.0800. The summed E-state index contributed by atoms with van der Waals surface area (Å²) in [5, 5.41) is 5.49. The second kappa shape index (κ2) is 9.48. The molecule has 0 unspecified atom stereocenters. The summed E-state index contributed by atoms with van der Waals surface area (Å²) in [4.78, 5) is 25.7. The van der Waals surface area contributed by atoms with E-state index >= 15 is 0 Å². The summed E-state index contributed by atoms with van der Waals surface area (Å²) >= 11 is 12.3. The molecule has 0 saturated heterocycles. The third-order valence-electron chi connectivity index (χ3n) is 5.07. The Morgan fingerprint density at radius 3 is 2.06 bits per heavy atom. The molecule has 1 heterocycles. The van der Waals surface area contributed by atoms with E-state index in [1.165, 1.54) is 18.9 Å². The van der Waals surface area contributed by atoms with E-state index in [0.29, 0.717) is 21.3 Å². The largest absolute Gasteiger partial charge is 0.465 e. The lowest BCUT2D eigenvalue weighted by atomic mass is 9.95. The van der Waals surface area contributed by atoms with Crippen LogP contribution < -0.4 is 0 Å². The predicted molar refractivity (Wildman–Crippen MR) is 127 cm³/mol. The van der Waals surface area contributed by atoms with Gasteiger partial charge >= 0.3 is 11.9 Å². The van der Waals surface area contributed by atoms with Crippen LogP contribution in [0.4, 0.5) is 0 Å². The fourth-order valence-electron chi connectivity index (χ4n) is 3.55. The lowest BCUT2D eigenvalue weighted by molar-refractivity contribution is 0.0549. The van der Waals surface area contributed by atoms with Gasteiger partial charge in [-0.05, 0) is 35.4 Å². The summed E-state index contributed by atoms with van der Waals surface area (Å²) in [6.07, 6.45) is 0. The van der Waals surface area contributed by atoms with Gasteiger partial charge in [-0.15, -0.1) is 0 Å². The number of aromatic nitrogens is 2. The first-order valence-corrected chi connectivity index (χ1v) is 10.6. The maximum atomic E-state index is 12.9. The fourth-order valence-corrected chi connectivity index (χ4v) is 3.85. The first-order chi connectivity index (χ1) is 16.0. The third kappa shape index (κ3) is 4.23. The van der Waals surface area contributed by atoms with Gasteiger partial charge in [0.2, 0.25) is 0 Å². The Morgan fingerprint density at radius 1 is 0.788 bits per heavy atom. The van der Waals surface area contributed by atoms with Gasteiger partial charge in [-0.25, -0.2) is 14.3 Å². The zero-order valence-electron chi connectivity index (χ0n) is 17.7. The maximum Gasteiger partial charge on any atom is 0.357 e. The molecule has 0 spiro atoms. The molecule has 1 aromatic heterocycles. The van der Waals surface area contributed by atoms with E-state index in [4.69, 9.17) is 32.7 Å². The van der Waals surface area contributed by atoms with Crippen LogP contribution in [-0.4, -0.2) is 35.9 Å². The molecule has 0 radical (unpaired) electrons. The van der Waals surface area contributed by atoms with Crippen molar-refractivity contribution in [1.29, 1.82) is 0 Å².